The molecule has 0 bridgehead atoms. The van der Waals surface area contributed by atoms with Crippen molar-refractivity contribution < 1.29 is 0 Å². The van der Waals surface area contributed by atoms with Crippen LogP contribution in [0.2, 0.25) is 10.0 Å². The highest BCUT2D eigenvalue weighted by molar-refractivity contribution is 9.10. The van der Waals surface area contributed by atoms with E-state index in [9.17, 15) is 0 Å². The Morgan fingerprint density at radius 2 is 1.89 bits per heavy atom. The quantitative estimate of drug-likeness (QED) is 0.859. The fourth-order valence-corrected chi connectivity index (χ4v) is 2.68. The van der Waals surface area contributed by atoms with Crippen molar-refractivity contribution in [2.75, 3.05) is 7.05 Å². The lowest BCUT2D eigenvalue weighted by Gasteiger charge is -2.17. The summed E-state index contributed by atoms with van der Waals surface area (Å²) in [6, 6.07) is 9.70. The van der Waals surface area contributed by atoms with Crippen molar-refractivity contribution in [3.05, 3.63) is 62.3 Å². The average molecular weight is 360 g/mol. The van der Waals surface area contributed by atoms with Crippen LogP contribution in [0.4, 0.5) is 0 Å². The first-order chi connectivity index (χ1) is 9.08. The molecule has 1 N–H and O–H groups in total. The van der Waals surface area contributed by atoms with Crippen molar-refractivity contribution >= 4 is 39.1 Å². The number of rotatable bonds is 4. The Labute approximate surface area is 131 Å². The molecule has 1 heterocycles. The van der Waals surface area contributed by atoms with Crippen LogP contribution in [0.1, 0.15) is 17.3 Å². The first-order valence-electron chi connectivity index (χ1n) is 5.82. The molecule has 0 aliphatic carbocycles. The Morgan fingerprint density at radius 3 is 2.42 bits per heavy atom. The molecule has 0 aliphatic heterocycles. The summed E-state index contributed by atoms with van der Waals surface area (Å²) in [5.41, 5.74) is 2.07. The number of aromatic nitrogens is 1. The second-order valence-electron chi connectivity index (χ2n) is 4.22. The molecule has 1 aromatic heterocycles. The molecule has 2 nitrogen and oxygen atoms in total. The highest BCUT2D eigenvalue weighted by Gasteiger charge is 2.12. The van der Waals surface area contributed by atoms with Gasteiger partial charge in [-0.3, -0.25) is 4.98 Å². The van der Waals surface area contributed by atoms with E-state index in [0.29, 0.717) is 10.0 Å². The number of nitrogens with one attached hydrogen (secondary N) is 1. The predicted molar refractivity (Wildman–Crippen MR) is 83.9 cm³/mol. The van der Waals surface area contributed by atoms with Gasteiger partial charge < -0.3 is 5.32 Å². The summed E-state index contributed by atoms with van der Waals surface area (Å²) in [5.74, 6) is 0. The van der Waals surface area contributed by atoms with Gasteiger partial charge in [0.15, 0.2) is 0 Å². The third-order valence-corrected chi connectivity index (χ3v) is 3.74. The monoisotopic (exact) mass is 358 g/mol. The van der Waals surface area contributed by atoms with Crippen molar-refractivity contribution in [2.45, 2.75) is 12.5 Å². The zero-order valence-corrected chi connectivity index (χ0v) is 13.4. The molecule has 0 aliphatic rings. The van der Waals surface area contributed by atoms with Gasteiger partial charge in [-0.25, -0.2) is 0 Å². The van der Waals surface area contributed by atoms with Gasteiger partial charge in [0.2, 0.25) is 0 Å². The van der Waals surface area contributed by atoms with Crippen LogP contribution in [0.3, 0.4) is 0 Å². The summed E-state index contributed by atoms with van der Waals surface area (Å²) in [5, 5.41) is 4.56. The van der Waals surface area contributed by atoms with Crippen LogP contribution in [0, 0.1) is 0 Å². The highest BCUT2D eigenvalue weighted by atomic mass is 79.9. The highest BCUT2D eigenvalue weighted by Crippen LogP contribution is 2.25. The topological polar surface area (TPSA) is 24.9 Å². The molecular weight excluding hydrogens is 347 g/mol. The van der Waals surface area contributed by atoms with E-state index >= 15 is 0 Å². The molecule has 2 aromatic rings. The smallest absolute Gasteiger partial charge is 0.0424 e. The number of hydrogen-bond acceptors (Lipinski definition) is 2. The molecule has 0 saturated heterocycles. The van der Waals surface area contributed by atoms with E-state index in [0.717, 1.165) is 22.2 Å². The second-order valence-corrected chi connectivity index (χ2v) is 6.00. The maximum absolute atomic E-state index is 6.04. The minimum atomic E-state index is 0.130. The fourth-order valence-electron chi connectivity index (χ4n) is 1.90. The summed E-state index contributed by atoms with van der Waals surface area (Å²) in [6.45, 7) is 0. The van der Waals surface area contributed by atoms with Crippen molar-refractivity contribution in [3.63, 3.8) is 0 Å². The van der Waals surface area contributed by atoms with Crippen molar-refractivity contribution in [1.82, 2.24) is 10.3 Å². The first kappa shape index (κ1) is 14.8. The van der Waals surface area contributed by atoms with Crippen molar-refractivity contribution in [3.8, 4) is 0 Å². The standard InChI is InChI=1S/C14H13BrCl2N2/c1-18-14(7-13-3-2-10(15)8-19-13)9-4-11(16)6-12(17)5-9/h2-6,8,14,18H,7H2,1H3. The van der Waals surface area contributed by atoms with Gasteiger partial charge in [0, 0.05) is 38.9 Å². The number of benzene rings is 1. The lowest BCUT2D eigenvalue weighted by atomic mass is 10.0. The zero-order chi connectivity index (χ0) is 13.8. The molecule has 5 heteroatoms. The van der Waals surface area contributed by atoms with Gasteiger partial charge in [0.05, 0.1) is 0 Å². The molecule has 19 heavy (non-hydrogen) atoms. The molecule has 0 spiro atoms. The average Bonchev–Trinajstić information content (AvgIpc) is 2.37. The van der Waals surface area contributed by atoms with Crippen LogP contribution < -0.4 is 5.32 Å². The molecular formula is C14H13BrCl2N2. The van der Waals surface area contributed by atoms with Gasteiger partial charge in [-0.1, -0.05) is 23.2 Å². The molecule has 0 saturated carbocycles. The number of halogens is 3. The largest absolute Gasteiger partial charge is 0.313 e. The second kappa shape index (κ2) is 6.71. The molecule has 0 radical (unpaired) electrons. The SMILES string of the molecule is CNC(Cc1ccc(Br)cn1)c1cc(Cl)cc(Cl)c1. The van der Waals surface area contributed by atoms with E-state index in [-0.39, 0.29) is 6.04 Å². The Morgan fingerprint density at radius 1 is 1.21 bits per heavy atom. The molecule has 0 amide bonds. The Bertz CT molecular complexity index is 538. The van der Waals surface area contributed by atoms with Crippen LogP contribution in [-0.2, 0) is 6.42 Å². The summed E-state index contributed by atoms with van der Waals surface area (Å²) in [6.07, 6.45) is 2.58. The van der Waals surface area contributed by atoms with Crippen LogP contribution in [0.5, 0.6) is 0 Å². The van der Waals surface area contributed by atoms with Gasteiger partial charge in [0.1, 0.15) is 0 Å². The van der Waals surface area contributed by atoms with Gasteiger partial charge in [-0.15, -0.1) is 0 Å². The van der Waals surface area contributed by atoms with Gasteiger partial charge in [-0.2, -0.15) is 0 Å². The van der Waals surface area contributed by atoms with Crippen LogP contribution in [0.25, 0.3) is 0 Å². The lowest BCUT2D eigenvalue weighted by Crippen LogP contribution is -2.19. The summed E-state index contributed by atoms with van der Waals surface area (Å²) in [4.78, 5) is 4.38. The molecule has 1 unspecified atom stereocenters. The maximum atomic E-state index is 6.04. The Balaban J connectivity index is 2.22. The van der Waals surface area contributed by atoms with Crippen LogP contribution in [0.15, 0.2) is 41.0 Å². The predicted octanol–water partition coefficient (Wildman–Crippen LogP) is 4.65. The lowest BCUT2D eigenvalue weighted by molar-refractivity contribution is 0.584. The van der Waals surface area contributed by atoms with E-state index < -0.39 is 0 Å². The van der Waals surface area contributed by atoms with E-state index in [4.69, 9.17) is 23.2 Å². The fraction of sp³-hybridized carbons (Fsp3) is 0.214. The maximum Gasteiger partial charge on any atom is 0.0424 e. The molecule has 0 fully saturated rings. The van der Waals surface area contributed by atoms with Crippen molar-refractivity contribution in [1.29, 1.82) is 0 Å². The third kappa shape index (κ3) is 4.18. The third-order valence-electron chi connectivity index (χ3n) is 2.84. The van der Waals surface area contributed by atoms with Crippen LogP contribution >= 0.6 is 39.1 Å². The van der Waals surface area contributed by atoms with Gasteiger partial charge in [-0.05, 0) is 58.9 Å². The van der Waals surface area contributed by atoms with E-state index in [1.54, 1.807) is 12.3 Å². The molecule has 100 valence electrons. The number of likely N-dealkylation sites (N-methyl/N-ethyl adjacent to an activating group) is 1. The minimum Gasteiger partial charge on any atom is -0.313 e. The number of nitrogens with zero attached hydrogens (tertiary/aromatic N) is 1. The van der Waals surface area contributed by atoms with Gasteiger partial charge in [0.25, 0.3) is 0 Å². The van der Waals surface area contributed by atoms with Gasteiger partial charge >= 0.3 is 0 Å². The van der Waals surface area contributed by atoms with Crippen molar-refractivity contribution in [2.24, 2.45) is 0 Å². The van der Waals surface area contributed by atoms with E-state index in [1.165, 1.54) is 0 Å². The summed E-state index contributed by atoms with van der Waals surface area (Å²) in [7, 11) is 1.92. The Kier molecular flexibility index (Phi) is 5.22. The Hall–Kier alpha value is -0.610. The summed E-state index contributed by atoms with van der Waals surface area (Å²) >= 11 is 15.5. The molecule has 1 aromatic carbocycles. The van der Waals surface area contributed by atoms with E-state index in [1.807, 2.05) is 31.3 Å². The zero-order valence-electron chi connectivity index (χ0n) is 10.3. The van der Waals surface area contributed by atoms with Crippen LogP contribution in [-0.4, -0.2) is 12.0 Å². The number of hydrogen-bond donors (Lipinski definition) is 1. The van der Waals surface area contributed by atoms with E-state index in [2.05, 4.69) is 26.2 Å². The number of pyridine rings is 1. The minimum absolute atomic E-state index is 0.130. The molecule has 1 atom stereocenters. The summed E-state index contributed by atoms with van der Waals surface area (Å²) < 4.78 is 0.975. The first-order valence-corrected chi connectivity index (χ1v) is 7.37. The molecule has 2 rings (SSSR count). The normalized spacial score (nSPS) is 12.4.